The predicted octanol–water partition coefficient (Wildman–Crippen LogP) is 2.60. The van der Waals surface area contributed by atoms with Gasteiger partial charge in [-0.1, -0.05) is 23.7 Å². The first-order chi connectivity index (χ1) is 10.4. The monoisotopic (exact) mass is 336 g/mol. The van der Waals surface area contributed by atoms with E-state index < -0.39 is 16.0 Å². The fraction of sp³-hybridized carbons (Fsp3) is 0. The topological polar surface area (TPSA) is 95.8 Å². The van der Waals surface area contributed by atoms with Crippen molar-refractivity contribution in [2.24, 2.45) is 4.40 Å². The number of nitrogens with one attached hydrogen (secondary N) is 1. The third-order valence-corrected chi connectivity index (χ3v) is 4.76. The van der Waals surface area contributed by atoms with Crippen LogP contribution in [0.25, 0.3) is 0 Å². The molecule has 0 unspecified atom stereocenters. The standard InChI is InChI=1S/C14H9ClN2O4S/c15-11-6-5-8(7-10(11)14(18)19)16-13-9-3-1-2-4-12(9)22(20,21)17-13/h1-7H,(H,16,17)(H,18,19). The molecule has 22 heavy (non-hydrogen) atoms. The average molecular weight is 337 g/mol. The van der Waals surface area contributed by atoms with Crippen molar-refractivity contribution in [2.75, 3.05) is 5.32 Å². The van der Waals surface area contributed by atoms with Crippen LogP contribution in [0.15, 0.2) is 51.8 Å². The van der Waals surface area contributed by atoms with Gasteiger partial charge in [-0.3, -0.25) is 0 Å². The van der Waals surface area contributed by atoms with E-state index in [0.29, 0.717) is 11.3 Å². The normalized spacial score (nSPS) is 15.0. The van der Waals surface area contributed by atoms with Crippen LogP contribution in [0.5, 0.6) is 0 Å². The lowest BCUT2D eigenvalue weighted by Crippen LogP contribution is -2.12. The maximum absolute atomic E-state index is 11.9. The Balaban J connectivity index is 2.02. The lowest BCUT2D eigenvalue weighted by molar-refractivity contribution is 0.0697. The number of carboxylic acids is 1. The van der Waals surface area contributed by atoms with Crippen molar-refractivity contribution in [3.8, 4) is 0 Å². The van der Waals surface area contributed by atoms with Gasteiger partial charge in [0.2, 0.25) is 0 Å². The Morgan fingerprint density at radius 2 is 1.91 bits per heavy atom. The van der Waals surface area contributed by atoms with Crippen molar-refractivity contribution >= 4 is 39.1 Å². The Kier molecular flexibility index (Phi) is 3.38. The van der Waals surface area contributed by atoms with Gasteiger partial charge in [0.15, 0.2) is 5.84 Å². The number of carboxylic acid groups (broad SMARTS) is 1. The van der Waals surface area contributed by atoms with Gasteiger partial charge < -0.3 is 10.4 Å². The van der Waals surface area contributed by atoms with E-state index in [1.807, 2.05) is 0 Å². The number of sulfonamides is 1. The number of fused-ring (bicyclic) bond motifs is 1. The van der Waals surface area contributed by atoms with Gasteiger partial charge >= 0.3 is 5.97 Å². The lowest BCUT2D eigenvalue weighted by Gasteiger charge is -2.08. The Hall–Kier alpha value is -2.38. The Morgan fingerprint density at radius 3 is 2.64 bits per heavy atom. The van der Waals surface area contributed by atoms with Crippen molar-refractivity contribution in [3.05, 3.63) is 58.6 Å². The molecule has 112 valence electrons. The van der Waals surface area contributed by atoms with Gasteiger partial charge in [-0.25, -0.2) is 4.79 Å². The van der Waals surface area contributed by atoms with E-state index in [4.69, 9.17) is 16.7 Å². The molecule has 1 aliphatic heterocycles. The van der Waals surface area contributed by atoms with Crippen molar-refractivity contribution < 1.29 is 18.3 Å². The molecule has 1 aliphatic rings. The summed E-state index contributed by atoms with van der Waals surface area (Å²) in [7, 11) is -3.73. The summed E-state index contributed by atoms with van der Waals surface area (Å²) in [4.78, 5) is 11.2. The third-order valence-electron chi connectivity index (χ3n) is 3.09. The van der Waals surface area contributed by atoms with Crippen LogP contribution in [-0.4, -0.2) is 25.3 Å². The summed E-state index contributed by atoms with van der Waals surface area (Å²) < 4.78 is 27.6. The number of hydrogen-bond donors (Lipinski definition) is 2. The zero-order valence-corrected chi connectivity index (χ0v) is 12.5. The number of halogens is 1. The van der Waals surface area contributed by atoms with E-state index in [0.717, 1.165) is 0 Å². The predicted molar refractivity (Wildman–Crippen MR) is 82.2 cm³/mol. The number of nitrogens with zero attached hydrogens (tertiary/aromatic N) is 1. The summed E-state index contributed by atoms with van der Waals surface area (Å²) in [6.45, 7) is 0. The van der Waals surface area contributed by atoms with Crippen LogP contribution in [0.1, 0.15) is 15.9 Å². The molecule has 2 aromatic carbocycles. The molecule has 0 amide bonds. The molecule has 0 aliphatic carbocycles. The highest BCUT2D eigenvalue weighted by molar-refractivity contribution is 7.90. The SMILES string of the molecule is O=C(O)c1cc(NC2=NS(=O)(=O)c3ccccc32)ccc1Cl. The maximum Gasteiger partial charge on any atom is 0.337 e. The zero-order valence-electron chi connectivity index (χ0n) is 10.9. The molecule has 2 aromatic rings. The summed E-state index contributed by atoms with van der Waals surface area (Å²) in [5.41, 5.74) is 0.739. The van der Waals surface area contributed by atoms with Crippen LogP contribution in [0.4, 0.5) is 5.69 Å². The second kappa shape index (κ2) is 5.11. The Morgan fingerprint density at radius 1 is 1.18 bits per heavy atom. The first-order valence-electron chi connectivity index (χ1n) is 6.13. The average Bonchev–Trinajstić information content (AvgIpc) is 2.72. The van der Waals surface area contributed by atoms with Crippen molar-refractivity contribution in [1.82, 2.24) is 0 Å². The van der Waals surface area contributed by atoms with Crippen molar-refractivity contribution in [3.63, 3.8) is 0 Å². The molecule has 0 atom stereocenters. The minimum Gasteiger partial charge on any atom is -0.478 e. The summed E-state index contributed by atoms with van der Waals surface area (Å²) in [5.74, 6) is -1.02. The van der Waals surface area contributed by atoms with Gasteiger partial charge in [0.25, 0.3) is 10.0 Å². The largest absolute Gasteiger partial charge is 0.478 e. The molecular weight excluding hydrogens is 328 g/mol. The van der Waals surface area contributed by atoms with E-state index >= 15 is 0 Å². The number of rotatable bonds is 2. The number of amidine groups is 1. The molecule has 3 rings (SSSR count). The van der Waals surface area contributed by atoms with Crippen molar-refractivity contribution in [1.29, 1.82) is 0 Å². The highest BCUT2D eigenvalue weighted by atomic mass is 35.5. The third kappa shape index (κ3) is 2.44. The van der Waals surface area contributed by atoms with Gasteiger partial charge in [0.05, 0.1) is 10.6 Å². The molecule has 8 heteroatoms. The highest BCUT2D eigenvalue weighted by Crippen LogP contribution is 2.27. The van der Waals surface area contributed by atoms with Gasteiger partial charge in [0.1, 0.15) is 4.90 Å². The summed E-state index contributed by atoms with van der Waals surface area (Å²) >= 11 is 5.80. The van der Waals surface area contributed by atoms with Crippen molar-refractivity contribution in [2.45, 2.75) is 4.90 Å². The molecular formula is C14H9ClN2O4S. The minimum atomic E-state index is -3.73. The zero-order chi connectivity index (χ0) is 15.9. The summed E-state index contributed by atoms with van der Waals surface area (Å²) in [6, 6.07) is 10.7. The number of carbonyl (C=O) groups is 1. The fourth-order valence-corrected chi connectivity index (χ4v) is 3.47. The minimum absolute atomic E-state index is 0.0820. The molecule has 0 fully saturated rings. The Labute approximate surface area is 131 Å². The van der Waals surface area contributed by atoms with E-state index in [1.165, 1.54) is 18.2 Å². The smallest absolute Gasteiger partial charge is 0.337 e. The van der Waals surface area contributed by atoms with Gasteiger partial charge in [-0.15, -0.1) is 4.40 Å². The maximum atomic E-state index is 11.9. The van der Waals surface area contributed by atoms with Crippen LogP contribution in [0, 0.1) is 0 Å². The molecule has 0 aromatic heterocycles. The number of hydrogen-bond acceptors (Lipinski definition) is 4. The highest BCUT2D eigenvalue weighted by Gasteiger charge is 2.28. The lowest BCUT2D eigenvalue weighted by atomic mass is 10.1. The van der Waals surface area contributed by atoms with Gasteiger partial charge in [-0.05, 0) is 30.3 Å². The van der Waals surface area contributed by atoms with Gasteiger partial charge in [0, 0.05) is 11.3 Å². The first-order valence-corrected chi connectivity index (χ1v) is 7.94. The molecule has 1 heterocycles. The second-order valence-corrected chi connectivity index (χ2v) is 6.52. The molecule has 0 radical (unpaired) electrons. The molecule has 2 N–H and O–H groups in total. The summed E-state index contributed by atoms with van der Waals surface area (Å²) in [6.07, 6.45) is 0. The molecule has 0 saturated heterocycles. The van der Waals surface area contributed by atoms with Crippen LogP contribution < -0.4 is 5.32 Å². The van der Waals surface area contributed by atoms with E-state index in [2.05, 4.69) is 9.71 Å². The van der Waals surface area contributed by atoms with Crippen LogP contribution in [-0.2, 0) is 10.0 Å². The van der Waals surface area contributed by atoms with E-state index in [-0.39, 0.29) is 21.3 Å². The molecule has 0 spiro atoms. The fourth-order valence-electron chi connectivity index (χ4n) is 2.10. The quantitative estimate of drug-likeness (QED) is 0.878. The number of benzene rings is 2. The summed E-state index contributed by atoms with van der Waals surface area (Å²) in [5, 5.41) is 12.0. The molecule has 0 bridgehead atoms. The van der Waals surface area contributed by atoms with Crippen LogP contribution >= 0.6 is 11.6 Å². The Bertz CT molecular complexity index is 922. The number of anilines is 1. The molecule has 6 nitrogen and oxygen atoms in total. The van der Waals surface area contributed by atoms with Gasteiger partial charge in [-0.2, -0.15) is 8.42 Å². The van der Waals surface area contributed by atoms with Crippen LogP contribution in [0.2, 0.25) is 5.02 Å². The van der Waals surface area contributed by atoms with Crippen LogP contribution in [0.3, 0.4) is 0 Å². The molecule has 0 saturated carbocycles. The van der Waals surface area contributed by atoms with E-state index in [9.17, 15) is 13.2 Å². The first kappa shape index (κ1) is 14.6. The van der Waals surface area contributed by atoms with E-state index in [1.54, 1.807) is 24.3 Å². The number of aromatic carboxylic acids is 1. The second-order valence-electron chi connectivity index (χ2n) is 4.54.